The Hall–Kier alpha value is -3.95. The van der Waals surface area contributed by atoms with Gasteiger partial charge in [-0.05, 0) is 76.2 Å². The van der Waals surface area contributed by atoms with E-state index in [9.17, 15) is 9.59 Å². The average Bonchev–Trinajstić information content (AvgIpc) is 3.70. The highest BCUT2D eigenvalue weighted by Gasteiger charge is 2.32. The predicted molar refractivity (Wildman–Crippen MR) is 143 cm³/mol. The molecule has 2 amide bonds. The number of nitrogens with one attached hydrogen (secondary N) is 5. The molecule has 10 nitrogen and oxygen atoms in total. The molecule has 4 aliphatic rings. The van der Waals surface area contributed by atoms with E-state index in [1.165, 1.54) is 0 Å². The van der Waals surface area contributed by atoms with E-state index < -0.39 is 11.5 Å². The second kappa shape index (κ2) is 11.0. The molecule has 5 N–H and O–H groups in total. The third kappa shape index (κ3) is 6.84. The molecule has 2 fully saturated rings. The Morgan fingerprint density at radius 2 is 1.92 bits per heavy atom. The topological polar surface area (TPSA) is 143 Å². The summed E-state index contributed by atoms with van der Waals surface area (Å²) < 4.78 is 5.47. The van der Waals surface area contributed by atoms with E-state index in [-0.39, 0.29) is 17.7 Å². The molecule has 196 valence electrons. The van der Waals surface area contributed by atoms with Crippen LogP contribution in [-0.4, -0.2) is 59.8 Å². The van der Waals surface area contributed by atoms with Crippen molar-refractivity contribution in [3.8, 4) is 0 Å². The van der Waals surface area contributed by atoms with Crippen LogP contribution in [0, 0.1) is 16.7 Å². The van der Waals surface area contributed by atoms with E-state index in [1.54, 1.807) is 23.4 Å². The minimum absolute atomic E-state index is 0.123. The molecule has 1 saturated carbocycles. The van der Waals surface area contributed by atoms with Crippen LogP contribution >= 0.6 is 0 Å². The fraction of sp³-hybridized carbons (Fsp3) is 0.444. The third-order valence-electron chi connectivity index (χ3n) is 6.36. The molecule has 4 rings (SSSR count). The first kappa shape index (κ1) is 26.1. The maximum absolute atomic E-state index is 13.0. The molecule has 0 radical (unpaired) electrons. The fourth-order valence-corrected chi connectivity index (χ4v) is 4.26. The molecule has 0 aromatic rings. The summed E-state index contributed by atoms with van der Waals surface area (Å²) in [5.41, 5.74) is 2.24. The van der Waals surface area contributed by atoms with Crippen LogP contribution in [0.4, 0.5) is 4.79 Å². The maximum Gasteiger partial charge on any atom is 0.410 e. The number of ether oxygens (including phenoxy) is 1. The maximum atomic E-state index is 13.0. The zero-order chi connectivity index (χ0) is 26.6. The van der Waals surface area contributed by atoms with Crippen molar-refractivity contribution in [2.45, 2.75) is 58.1 Å². The standard InChI is InChI=1S/C27H35N7O3/c1-27(2,3)37-26(36)34-11-7-19(8-12-34)32-16-18-13-23(20(14-22(18)29)17-5-6-17)33-25(35)21(15-28)24-30-9-4-10-31-24/h4,9-10,13-17,19,28-30,32H,5-8,11-12H2,1-3H3,(H,33,35)/b18-16-,24-21-,28-15?,29-22?. The number of carbonyl (C=O) groups excluding carboxylic acids is 2. The Kier molecular flexibility index (Phi) is 7.75. The minimum Gasteiger partial charge on any atom is -0.444 e. The Morgan fingerprint density at radius 1 is 1.19 bits per heavy atom. The van der Waals surface area contributed by atoms with Gasteiger partial charge in [-0.15, -0.1) is 0 Å². The molecular weight excluding hydrogens is 470 g/mol. The van der Waals surface area contributed by atoms with Crippen LogP contribution in [0.1, 0.15) is 46.5 Å². The van der Waals surface area contributed by atoms with Gasteiger partial charge >= 0.3 is 6.09 Å². The predicted octanol–water partition coefficient (Wildman–Crippen LogP) is 3.28. The highest BCUT2D eigenvalue weighted by molar-refractivity contribution is 6.14. The van der Waals surface area contributed by atoms with Crippen molar-refractivity contribution < 1.29 is 14.3 Å². The highest BCUT2D eigenvalue weighted by atomic mass is 16.6. The summed E-state index contributed by atoms with van der Waals surface area (Å²) in [6.07, 6.45) is 14.7. The molecule has 0 bridgehead atoms. The first-order valence-electron chi connectivity index (χ1n) is 12.6. The number of aliphatic imine (C=N–C) groups is 1. The second-order valence-electron chi connectivity index (χ2n) is 10.5. The smallest absolute Gasteiger partial charge is 0.410 e. The lowest BCUT2D eigenvalue weighted by molar-refractivity contribution is -0.116. The lowest BCUT2D eigenvalue weighted by Gasteiger charge is -2.33. The minimum atomic E-state index is -0.517. The quantitative estimate of drug-likeness (QED) is 0.278. The number of rotatable bonds is 6. The number of amides is 2. The molecule has 10 heteroatoms. The highest BCUT2D eigenvalue weighted by Crippen LogP contribution is 2.41. The summed E-state index contributed by atoms with van der Waals surface area (Å²) in [7, 11) is 0. The third-order valence-corrected chi connectivity index (χ3v) is 6.36. The van der Waals surface area contributed by atoms with E-state index in [0.717, 1.165) is 37.5 Å². The summed E-state index contributed by atoms with van der Waals surface area (Å²) in [6.45, 7) is 6.78. The average molecular weight is 506 g/mol. The van der Waals surface area contributed by atoms with Crippen LogP contribution in [0.25, 0.3) is 0 Å². The number of likely N-dealkylation sites (tertiary alicyclic amines) is 1. The van der Waals surface area contributed by atoms with Gasteiger partial charge in [0, 0.05) is 55.2 Å². The van der Waals surface area contributed by atoms with Crippen molar-refractivity contribution in [1.29, 1.82) is 10.8 Å². The van der Waals surface area contributed by atoms with Gasteiger partial charge in [0.2, 0.25) is 0 Å². The van der Waals surface area contributed by atoms with E-state index >= 15 is 0 Å². The Labute approximate surface area is 217 Å². The number of nitrogens with zero attached hydrogens (tertiary/aromatic N) is 2. The van der Waals surface area contributed by atoms with Crippen LogP contribution in [0.2, 0.25) is 0 Å². The molecule has 1 saturated heterocycles. The first-order chi connectivity index (χ1) is 17.6. The van der Waals surface area contributed by atoms with Crippen LogP contribution in [-0.2, 0) is 9.53 Å². The normalized spacial score (nSPS) is 22.6. The molecule has 2 aliphatic heterocycles. The van der Waals surface area contributed by atoms with Gasteiger partial charge in [0.15, 0.2) is 0 Å². The number of carbonyl (C=O) groups is 2. The molecule has 0 unspecified atom stereocenters. The molecule has 2 heterocycles. The van der Waals surface area contributed by atoms with Crippen molar-refractivity contribution in [2.24, 2.45) is 10.9 Å². The Bertz CT molecular complexity index is 1150. The molecule has 0 atom stereocenters. The van der Waals surface area contributed by atoms with Crippen molar-refractivity contribution in [3.05, 3.63) is 58.9 Å². The number of allylic oxidation sites excluding steroid dienone is 5. The Balaban J connectivity index is 1.42. The van der Waals surface area contributed by atoms with Gasteiger partial charge in [0.05, 0.1) is 11.3 Å². The summed E-state index contributed by atoms with van der Waals surface area (Å²) in [5, 5.41) is 25.5. The summed E-state index contributed by atoms with van der Waals surface area (Å²) in [4.78, 5) is 31.2. The second-order valence-corrected chi connectivity index (χ2v) is 10.5. The van der Waals surface area contributed by atoms with Crippen LogP contribution in [0.3, 0.4) is 0 Å². The number of piperidine rings is 1. The van der Waals surface area contributed by atoms with Gasteiger partial charge in [-0.2, -0.15) is 0 Å². The van der Waals surface area contributed by atoms with Crippen LogP contribution < -0.4 is 16.0 Å². The van der Waals surface area contributed by atoms with Crippen LogP contribution in [0.5, 0.6) is 0 Å². The zero-order valence-corrected chi connectivity index (χ0v) is 21.6. The summed E-state index contributed by atoms with van der Waals surface area (Å²) in [5.74, 6) is 0.202. The van der Waals surface area contributed by atoms with Crippen LogP contribution in [0.15, 0.2) is 63.9 Å². The zero-order valence-electron chi connectivity index (χ0n) is 21.6. The SMILES string of the molecule is CC(C)(C)OC(=O)N1CCC(N/C=C2/C=C(NC(=O)/C(C=N)=C3\N=CC=CN3)C(C3CC3)=CC2=N)CC1. The van der Waals surface area contributed by atoms with Gasteiger partial charge in [0.25, 0.3) is 5.91 Å². The van der Waals surface area contributed by atoms with Crippen molar-refractivity contribution in [2.75, 3.05) is 13.1 Å². The molecule has 2 aliphatic carbocycles. The lowest BCUT2D eigenvalue weighted by Crippen LogP contribution is -2.45. The summed E-state index contributed by atoms with van der Waals surface area (Å²) in [6, 6.07) is 0.164. The van der Waals surface area contributed by atoms with Gasteiger partial charge in [-0.25, -0.2) is 9.79 Å². The van der Waals surface area contributed by atoms with Gasteiger partial charge in [-0.1, -0.05) is 0 Å². The molecule has 0 aromatic carbocycles. The lowest BCUT2D eigenvalue weighted by atomic mass is 9.94. The van der Waals surface area contributed by atoms with Gasteiger partial charge in [0.1, 0.15) is 11.4 Å². The van der Waals surface area contributed by atoms with Crippen molar-refractivity contribution >= 4 is 30.1 Å². The first-order valence-corrected chi connectivity index (χ1v) is 12.6. The molecule has 0 aromatic heterocycles. The van der Waals surface area contributed by atoms with E-state index in [0.29, 0.717) is 41.8 Å². The van der Waals surface area contributed by atoms with E-state index in [4.69, 9.17) is 15.6 Å². The van der Waals surface area contributed by atoms with Crippen molar-refractivity contribution in [1.82, 2.24) is 20.9 Å². The fourth-order valence-electron chi connectivity index (χ4n) is 4.26. The molecular formula is C27H35N7O3. The number of hydrogen-bond donors (Lipinski definition) is 5. The van der Waals surface area contributed by atoms with Gasteiger partial charge < -0.3 is 36.4 Å². The molecule has 0 spiro atoms. The Morgan fingerprint density at radius 3 is 2.51 bits per heavy atom. The molecule has 37 heavy (non-hydrogen) atoms. The van der Waals surface area contributed by atoms with E-state index in [2.05, 4.69) is 20.9 Å². The monoisotopic (exact) mass is 505 g/mol. The van der Waals surface area contributed by atoms with Crippen molar-refractivity contribution in [3.63, 3.8) is 0 Å². The van der Waals surface area contributed by atoms with Gasteiger partial charge in [-0.3, -0.25) is 4.79 Å². The van der Waals surface area contributed by atoms with E-state index in [1.807, 2.05) is 39.1 Å². The number of hydrogen-bond acceptors (Lipinski definition) is 8. The summed E-state index contributed by atoms with van der Waals surface area (Å²) >= 11 is 0. The largest absolute Gasteiger partial charge is 0.444 e.